The summed E-state index contributed by atoms with van der Waals surface area (Å²) in [6.45, 7) is 13.3. The molecule has 0 unspecified atom stereocenters. The molecule has 0 atom stereocenters. The smallest absolute Gasteiger partial charge is 0.159 e. The number of rotatable bonds is 7. The molecule has 2 heterocycles. The predicted molar refractivity (Wildman–Crippen MR) is 267 cm³/mol. The first-order chi connectivity index (χ1) is 30.7. The number of hydrogen-bond acceptors (Lipinski definition) is 4. The van der Waals surface area contributed by atoms with Crippen molar-refractivity contribution < 1.29 is 8.83 Å². The number of nitrogens with zero attached hydrogens (tertiary/aromatic N) is 2. The third-order valence-electron chi connectivity index (χ3n) is 13.3. The minimum Gasteiger partial charge on any atom is -0.454 e. The van der Waals surface area contributed by atoms with Crippen LogP contribution >= 0.6 is 0 Å². The molecular formula is C59H46N2O2. The van der Waals surface area contributed by atoms with Crippen molar-refractivity contribution in [1.82, 2.24) is 0 Å². The van der Waals surface area contributed by atoms with Gasteiger partial charge in [-0.1, -0.05) is 146 Å². The zero-order valence-corrected chi connectivity index (χ0v) is 36.4. The van der Waals surface area contributed by atoms with Crippen molar-refractivity contribution in [3.8, 4) is 0 Å². The lowest BCUT2D eigenvalue weighted by Crippen LogP contribution is -2.16. The predicted octanol–water partition coefficient (Wildman–Crippen LogP) is 17.7. The van der Waals surface area contributed by atoms with Crippen molar-refractivity contribution in [3.63, 3.8) is 0 Å². The Morgan fingerprint density at radius 2 is 0.825 bits per heavy atom. The highest BCUT2D eigenvalue weighted by atomic mass is 16.3. The largest absolute Gasteiger partial charge is 0.454 e. The van der Waals surface area contributed by atoms with Crippen molar-refractivity contribution >= 4 is 110 Å². The van der Waals surface area contributed by atoms with Crippen molar-refractivity contribution in [2.24, 2.45) is 0 Å². The van der Waals surface area contributed by atoms with Crippen LogP contribution in [0.5, 0.6) is 0 Å². The molecule has 2 aromatic heterocycles. The van der Waals surface area contributed by atoms with E-state index in [0.717, 1.165) is 78.0 Å². The fourth-order valence-electron chi connectivity index (χ4n) is 10.3. The summed E-state index contributed by atoms with van der Waals surface area (Å²) in [4.78, 5) is 4.91. The Bertz CT molecular complexity index is 3550. The van der Waals surface area contributed by atoms with Gasteiger partial charge < -0.3 is 18.6 Å². The molecule has 4 nitrogen and oxygen atoms in total. The molecule has 12 rings (SSSR count). The lowest BCUT2D eigenvalue weighted by atomic mass is 9.88. The average Bonchev–Trinajstić information content (AvgIpc) is 3.87. The highest BCUT2D eigenvalue weighted by Gasteiger charge is 2.29. The maximum absolute atomic E-state index is 6.89. The molecule has 0 radical (unpaired) electrons. The summed E-state index contributed by atoms with van der Waals surface area (Å²) >= 11 is 0. The Kier molecular flexibility index (Phi) is 8.26. The molecule has 10 aromatic carbocycles. The van der Waals surface area contributed by atoms with E-state index < -0.39 is 0 Å². The van der Waals surface area contributed by atoms with Gasteiger partial charge in [0.25, 0.3) is 0 Å². The number of para-hydroxylation sites is 4. The highest BCUT2D eigenvalue weighted by Crippen LogP contribution is 2.53. The molecular weight excluding hydrogens is 769 g/mol. The van der Waals surface area contributed by atoms with E-state index in [9.17, 15) is 0 Å². The molecule has 304 valence electrons. The normalized spacial score (nSPS) is 12.1. The third kappa shape index (κ3) is 5.67. The van der Waals surface area contributed by atoms with Gasteiger partial charge in [-0.15, -0.1) is 0 Å². The van der Waals surface area contributed by atoms with Crippen LogP contribution in [0.4, 0.5) is 34.1 Å². The zero-order valence-electron chi connectivity index (χ0n) is 36.4. The van der Waals surface area contributed by atoms with Crippen molar-refractivity contribution in [3.05, 3.63) is 192 Å². The van der Waals surface area contributed by atoms with Gasteiger partial charge in [0.05, 0.1) is 22.7 Å². The Morgan fingerprint density at radius 1 is 0.365 bits per heavy atom. The minimum absolute atomic E-state index is 0.395. The molecule has 0 aliphatic carbocycles. The molecule has 0 N–H and O–H groups in total. The summed E-state index contributed by atoms with van der Waals surface area (Å²) in [5.41, 5.74) is 15.8. The van der Waals surface area contributed by atoms with E-state index in [4.69, 9.17) is 8.83 Å². The van der Waals surface area contributed by atoms with Crippen molar-refractivity contribution in [2.45, 2.75) is 47.5 Å². The van der Waals surface area contributed by atoms with Crippen LogP contribution in [-0.4, -0.2) is 0 Å². The van der Waals surface area contributed by atoms with Gasteiger partial charge in [-0.05, 0) is 109 Å². The van der Waals surface area contributed by atoms with E-state index in [0.29, 0.717) is 5.92 Å². The average molecular weight is 815 g/mol. The summed E-state index contributed by atoms with van der Waals surface area (Å²) in [5.74, 6) is 0.395. The van der Waals surface area contributed by atoms with Crippen LogP contribution in [0.1, 0.15) is 47.6 Å². The monoisotopic (exact) mass is 814 g/mol. The molecule has 0 spiro atoms. The molecule has 0 amide bonds. The molecule has 0 saturated heterocycles. The number of anilines is 6. The molecule has 4 heteroatoms. The van der Waals surface area contributed by atoms with Gasteiger partial charge in [0.15, 0.2) is 11.2 Å². The zero-order chi connectivity index (χ0) is 42.7. The van der Waals surface area contributed by atoms with Crippen LogP contribution < -0.4 is 9.80 Å². The molecule has 63 heavy (non-hydrogen) atoms. The first kappa shape index (κ1) is 37.2. The first-order valence-electron chi connectivity index (χ1n) is 22.0. The Labute approximate surface area is 366 Å². The van der Waals surface area contributed by atoms with Crippen LogP contribution in [0, 0.1) is 27.7 Å². The lowest BCUT2D eigenvalue weighted by Gasteiger charge is -2.33. The Hall–Kier alpha value is -7.56. The summed E-state index contributed by atoms with van der Waals surface area (Å²) in [7, 11) is 0. The second kappa shape index (κ2) is 14.0. The first-order valence-corrected chi connectivity index (χ1v) is 22.0. The van der Waals surface area contributed by atoms with E-state index in [-0.39, 0.29) is 0 Å². The number of furan rings is 2. The van der Waals surface area contributed by atoms with E-state index in [1.165, 1.54) is 60.1 Å². The van der Waals surface area contributed by atoms with Gasteiger partial charge in [0.1, 0.15) is 11.2 Å². The number of aryl methyl sites for hydroxylation is 4. The van der Waals surface area contributed by atoms with Gasteiger partial charge >= 0.3 is 0 Å². The second-order valence-electron chi connectivity index (χ2n) is 17.8. The summed E-state index contributed by atoms with van der Waals surface area (Å²) in [6.07, 6.45) is 0. The van der Waals surface area contributed by atoms with Gasteiger partial charge in [0, 0.05) is 49.1 Å². The summed E-state index contributed by atoms with van der Waals surface area (Å²) in [6, 6.07) is 60.0. The molecule has 0 bridgehead atoms. The Morgan fingerprint density at radius 3 is 1.29 bits per heavy atom. The van der Waals surface area contributed by atoms with Crippen LogP contribution in [-0.2, 0) is 0 Å². The number of hydrogen-bond donors (Lipinski definition) is 0. The quantitative estimate of drug-likeness (QED) is 0.150. The van der Waals surface area contributed by atoms with Gasteiger partial charge in [-0.2, -0.15) is 0 Å². The topological polar surface area (TPSA) is 32.8 Å². The van der Waals surface area contributed by atoms with E-state index in [1.54, 1.807) is 0 Å². The fraction of sp³-hybridized carbons (Fsp3) is 0.119. The molecule has 0 aliphatic rings. The van der Waals surface area contributed by atoms with Crippen LogP contribution in [0.3, 0.4) is 0 Å². The lowest BCUT2D eigenvalue weighted by molar-refractivity contribution is 0.669. The highest BCUT2D eigenvalue weighted by molar-refractivity contribution is 6.29. The standard InChI is InChI=1S/C59H46N2O2/c1-34(2)41-31-39-23-25-46-52(60(48-27-21-35(3)29-37(48)5)50-17-11-15-44-42-13-7-9-19-54(42)62-58(44)50)33-53(47-26-24-40(32-41)56(39)57(46)47)61(49-28-22-36(4)30-38(49)6)51-18-12-16-45-43-14-8-10-20-55(43)63-59(45)51/h7-34H,1-6H3. The second-order valence-corrected chi connectivity index (χ2v) is 17.8. The van der Waals surface area contributed by atoms with Crippen LogP contribution in [0.15, 0.2) is 173 Å². The van der Waals surface area contributed by atoms with E-state index in [2.05, 4.69) is 203 Å². The maximum atomic E-state index is 6.89. The summed E-state index contributed by atoms with van der Waals surface area (Å²) < 4.78 is 13.8. The van der Waals surface area contributed by atoms with Crippen molar-refractivity contribution in [2.75, 3.05) is 9.80 Å². The summed E-state index contributed by atoms with van der Waals surface area (Å²) in [5, 5.41) is 11.7. The van der Waals surface area contributed by atoms with Crippen LogP contribution in [0.25, 0.3) is 76.2 Å². The van der Waals surface area contributed by atoms with Gasteiger partial charge in [-0.3, -0.25) is 0 Å². The van der Waals surface area contributed by atoms with Gasteiger partial charge in [0.2, 0.25) is 0 Å². The number of fused-ring (bicyclic) bond motifs is 6. The molecule has 0 aliphatic heterocycles. The molecule has 12 aromatic rings. The fourth-order valence-corrected chi connectivity index (χ4v) is 10.3. The molecule has 0 fully saturated rings. The van der Waals surface area contributed by atoms with Crippen LogP contribution in [0.2, 0.25) is 0 Å². The SMILES string of the molecule is Cc1ccc(N(c2cc(N(c3ccc(C)cc3C)c3cccc4c3oc3ccccc34)c3ccc4cc(C(C)C)cc5ccc2c3c54)c2cccc3c2oc2ccccc23)c(C)c1. The number of benzene rings is 10. The Balaban J connectivity index is 1.27. The maximum Gasteiger partial charge on any atom is 0.159 e. The minimum atomic E-state index is 0.395. The molecule has 0 saturated carbocycles. The van der Waals surface area contributed by atoms with Gasteiger partial charge in [-0.25, -0.2) is 0 Å². The van der Waals surface area contributed by atoms with E-state index >= 15 is 0 Å². The third-order valence-corrected chi connectivity index (χ3v) is 13.3. The van der Waals surface area contributed by atoms with Crippen molar-refractivity contribution in [1.29, 1.82) is 0 Å². The van der Waals surface area contributed by atoms with E-state index in [1.807, 2.05) is 12.1 Å².